The molecule has 1 amide bonds. The van der Waals surface area contributed by atoms with Gasteiger partial charge in [-0.05, 0) is 89.9 Å². The van der Waals surface area contributed by atoms with Gasteiger partial charge in [-0.15, -0.1) is 0 Å². The Hall–Kier alpha value is -2.18. The lowest BCUT2D eigenvalue weighted by atomic mass is 10.0. The van der Waals surface area contributed by atoms with E-state index in [-0.39, 0.29) is 18.5 Å². The van der Waals surface area contributed by atoms with Crippen LogP contribution >= 0.6 is 0 Å². The molecule has 0 aromatic heterocycles. The van der Waals surface area contributed by atoms with Gasteiger partial charge in [0, 0.05) is 12.8 Å². The minimum absolute atomic E-state index is 0.0101. The third-order valence-electron chi connectivity index (χ3n) is 19.1. The fourth-order valence-corrected chi connectivity index (χ4v) is 12.8. The molecule has 0 rings (SSSR count). The Kier molecular flexibility index (Phi) is 77.3. The molecule has 0 saturated carbocycles. The summed E-state index contributed by atoms with van der Waals surface area (Å²) in [5.41, 5.74) is 0. The van der Waals surface area contributed by atoms with E-state index in [9.17, 15) is 19.8 Å². The summed E-state index contributed by atoms with van der Waals surface area (Å²) in [6, 6.07) is -0.629. The van der Waals surface area contributed by atoms with Crippen molar-refractivity contribution in [1.82, 2.24) is 5.32 Å². The zero-order chi connectivity index (χ0) is 64.9. The first-order chi connectivity index (χ1) is 44.5. The topological polar surface area (TPSA) is 95.9 Å². The lowest BCUT2D eigenvalue weighted by Gasteiger charge is -2.20. The molecule has 0 aliphatic rings. The minimum Gasteiger partial charge on any atom is -0.466 e. The van der Waals surface area contributed by atoms with Gasteiger partial charge in [-0.2, -0.15) is 0 Å². The lowest BCUT2D eigenvalue weighted by molar-refractivity contribution is -0.143. The van der Waals surface area contributed by atoms with Crippen LogP contribution in [0.1, 0.15) is 450 Å². The van der Waals surface area contributed by atoms with Gasteiger partial charge in [0.15, 0.2) is 0 Å². The molecule has 6 heteroatoms. The SMILES string of the molecule is CCCCCC/C=C\C/C=C\CCCCCCCCCC(=O)OCCCCCCCCCCCCCC/C=C\CCCCCCCCCCCCCCCCC(=O)NC(CO)C(O)/C=C/CCCCCCCCCCCCCCCCCCCCCCCCC. The maximum Gasteiger partial charge on any atom is 0.305 e. The van der Waals surface area contributed by atoms with E-state index < -0.39 is 12.1 Å². The molecule has 0 aromatic carbocycles. The number of rotatable bonds is 77. The smallest absolute Gasteiger partial charge is 0.305 e. The van der Waals surface area contributed by atoms with Crippen LogP contribution < -0.4 is 5.32 Å². The van der Waals surface area contributed by atoms with Crippen molar-refractivity contribution >= 4 is 11.9 Å². The third-order valence-corrected chi connectivity index (χ3v) is 19.1. The van der Waals surface area contributed by atoms with Crippen LogP contribution in [0.5, 0.6) is 0 Å². The predicted octanol–water partition coefficient (Wildman–Crippen LogP) is 27.2. The minimum atomic E-state index is -0.846. The number of unbranched alkanes of at least 4 members (excludes halogenated alkanes) is 60. The zero-order valence-corrected chi connectivity index (χ0v) is 60.9. The maximum atomic E-state index is 12.6. The molecule has 3 N–H and O–H groups in total. The van der Waals surface area contributed by atoms with Gasteiger partial charge in [-0.25, -0.2) is 0 Å². The van der Waals surface area contributed by atoms with Gasteiger partial charge in [0.2, 0.25) is 5.91 Å². The van der Waals surface area contributed by atoms with E-state index in [4.69, 9.17) is 4.74 Å². The van der Waals surface area contributed by atoms with Crippen LogP contribution in [0, 0.1) is 0 Å². The highest BCUT2D eigenvalue weighted by Gasteiger charge is 2.18. The average Bonchev–Trinajstić information content (AvgIpc) is 3.60. The molecule has 6 nitrogen and oxygen atoms in total. The lowest BCUT2D eigenvalue weighted by Crippen LogP contribution is -2.45. The van der Waals surface area contributed by atoms with Gasteiger partial charge in [-0.1, -0.05) is 396 Å². The van der Waals surface area contributed by atoms with E-state index in [2.05, 4.69) is 55.6 Å². The Balaban J connectivity index is 3.39. The van der Waals surface area contributed by atoms with Crippen LogP contribution in [0.2, 0.25) is 0 Å². The largest absolute Gasteiger partial charge is 0.466 e. The second kappa shape index (κ2) is 79.3. The highest BCUT2D eigenvalue weighted by atomic mass is 16.5. The third kappa shape index (κ3) is 74.9. The number of carbonyl (C=O) groups excluding carboxylic acids is 2. The zero-order valence-electron chi connectivity index (χ0n) is 60.9. The summed E-state index contributed by atoms with van der Waals surface area (Å²) >= 11 is 0. The Morgan fingerprint density at radius 3 is 0.867 bits per heavy atom. The molecule has 90 heavy (non-hydrogen) atoms. The van der Waals surface area contributed by atoms with Gasteiger partial charge in [0.25, 0.3) is 0 Å². The Morgan fingerprint density at radius 1 is 0.311 bits per heavy atom. The molecule has 0 radical (unpaired) electrons. The number of aliphatic hydroxyl groups is 2. The summed E-state index contributed by atoms with van der Waals surface area (Å²) in [4.78, 5) is 24.7. The molecule has 0 saturated heterocycles. The van der Waals surface area contributed by atoms with Crippen LogP contribution in [0.3, 0.4) is 0 Å². The molecule has 0 aliphatic heterocycles. The van der Waals surface area contributed by atoms with Gasteiger partial charge in [0.05, 0.1) is 25.4 Å². The van der Waals surface area contributed by atoms with Crippen molar-refractivity contribution in [2.24, 2.45) is 0 Å². The highest BCUT2D eigenvalue weighted by Crippen LogP contribution is 2.20. The van der Waals surface area contributed by atoms with E-state index >= 15 is 0 Å². The van der Waals surface area contributed by atoms with Crippen molar-refractivity contribution in [2.45, 2.75) is 463 Å². The summed E-state index contributed by atoms with van der Waals surface area (Å²) in [7, 11) is 0. The first kappa shape index (κ1) is 87.8. The van der Waals surface area contributed by atoms with E-state index in [1.165, 1.54) is 372 Å². The summed E-state index contributed by atoms with van der Waals surface area (Å²) in [5.74, 6) is -0.0516. The van der Waals surface area contributed by atoms with Crippen LogP contribution in [-0.2, 0) is 14.3 Å². The monoisotopic (exact) mass is 1260 g/mol. The van der Waals surface area contributed by atoms with Gasteiger partial charge >= 0.3 is 5.97 Å². The number of hydrogen-bond acceptors (Lipinski definition) is 5. The molecular formula is C84H159NO5. The normalized spacial score (nSPS) is 12.7. The molecule has 0 bridgehead atoms. The molecule has 0 aromatic rings. The van der Waals surface area contributed by atoms with Crippen molar-refractivity contribution < 1.29 is 24.5 Å². The van der Waals surface area contributed by atoms with Crippen LogP contribution in [0.4, 0.5) is 0 Å². The van der Waals surface area contributed by atoms with E-state index in [1.54, 1.807) is 6.08 Å². The number of esters is 1. The molecular weight excluding hydrogens is 1100 g/mol. The molecule has 2 unspecified atom stereocenters. The number of carbonyl (C=O) groups is 2. The second-order valence-electron chi connectivity index (χ2n) is 28.1. The van der Waals surface area contributed by atoms with Gasteiger partial charge < -0.3 is 20.3 Å². The molecule has 2 atom stereocenters. The predicted molar refractivity (Wildman–Crippen MR) is 398 cm³/mol. The number of ether oxygens (including phenoxy) is 1. The summed E-state index contributed by atoms with van der Waals surface area (Å²) in [6.07, 6.45) is 105. The number of allylic oxidation sites excluding steroid dienone is 7. The maximum absolute atomic E-state index is 12.6. The van der Waals surface area contributed by atoms with E-state index in [0.29, 0.717) is 19.4 Å². The van der Waals surface area contributed by atoms with Crippen LogP contribution in [0.15, 0.2) is 48.6 Å². The van der Waals surface area contributed by atoms with E-state index in [1.807, 2.05) is 6.08 Å². The number of hydrogen-bond donors (Lipinski definition) is 3. The fourth-order valence-electron chi connectivity index (χ4n) is 12.8. The van der Waals surface area contributed by atoms with Crippen molar-refractivity contribution in [3.05, 3.63) is 48.6 Å². The first-order valence-electron chi connectivity index (χ1n) is 40.9. The fraction of sp³-hybridized carbons (Fsp3) is 0.881. The van der Waals surface area contributed by atoms with Crippen molar-refractivity contribution in [1.29, 1.82) is 0 Å². The number of nitrogens with one attached hydrogen (secondary N) is 1. The Bertz CT molecular complexity index is 1500. The van der Waals surface area contributed by atoms with Crippen LogP contribution in [0.25, 0.3) is 0 Å². The molecule has 530 valence electrons. The quantitative estimate of drug-likeness (QED) is 0.0320. The second-order valence-corrected chi connectivity index (χ2v) is 28.1. The van der Waals surface area contributed by atoms with E-state index in [0.717, 1.165) is 51.4 Å². The van der Waals surface area contributed by atoms with Gasteiger partial charge in [0.1, 0.15) is 0 Å². The van der Waals surface area contributed by atoms with Crippen molar-refractivity contribution in [3.63, 3.8) is 0 Å². The number of aliphatic hydroxyl groups excluding tert-OH is 2. The van der Waals surface area contributed by atoms with Gasteiger partial charge in [-0.3, -0.25) is 9.59 Å². The summed E-state index contributed by atoms with van der Waals surface area (Å²) < 4.78 is 5.51. The summed E-state index contributed by atoms with van der Waals surface area (Å²) in [5, 5.41) is 23.3. The first-order valence-corrected chi connectivity index (χ1v) is 40.9. The average molecular weight is 1260 g/mol. The Labute approximate surface area is 563 Å². The standard InChI is InChI=1S/C84H159NO5/c1-3-5-7-9-11-13-15-17-19-21-23-24-25-32-35-38-41-44-48-52-56-60-64-68-72-76-82(87)81(80-86)85-83(88)77-73-69-65-61-57-53-49-45-42-39-36-33-30-28-26-27-29-31-34-37-40-43-47-51-55-59-63-67-71-75-79-90-84(89)78-74-70-66-62-58-54-50-46-22-20-18-16-14-12-10-8-6-4-2/h14,16,20,22,27,29,72,76,81-82,86-87H,3-13,15,17-19,21,23-26,28,30-71,73-75,77-80H2,1-2H3,(H,85,88)/b16-14-,22-20-,29-27-,76-72+. The molecule has 0 aliphatic carbocycles. The highest BCUT2D eigenvalue weighted by molar-refractivity contribution is 5.76. The summed E-state index contributed by atoms with van der Waals surface area (Å²) in [6.45, 7) is 4.93. The van der Waals surface area contributed by atoms with Crippen molar-refractivity contribution in [2.75, 3.05) is 13.2 Å². The molecule has 0 spiro atoms. The molecule has 0 heterocycles. The van der Waals surface area contributed by atoms with Crippen LogP contribution in [-0.4, -0.2) is 47.4 Å². The Morgan fingerprint density at radius 2 is 0.556 bits per heavy atom. The number of amides is 1. The molecule has 0 fully saturated rings. The van der Waals surface area contributed by atoms with Crippen molar-refractivity contribution in [3.8, 4) is 0 Å².